The minimum atomic E-state index is -0.797. The summed E-state index contributed by atoms with van der Waals surface area (Å²) < 4.78 is 6.50. The number of aryl methyl sites for hydroxylation is 1. The highest BCUT2D eigenvalue weighted by Gasteiger charge is 2.21. The molecule has 1 aromatic heterocycles. The molecule has 7 heteroatoms. The Labute approximate surface area is 110 Å². The van der Waals surface area contributed by atoms with E-state index in [0.29, 0.717) is 6.54 Å². The molecule has 0 aromatic carbocycles. The van der Waals surface area contributed by atoms with Gasteiger partial charge < -0.3 is 10.1 Å². The van der Waals surface area contributed by atoms with Gasteiger partial charge in [0.1, 0.15) is 0 Å². The van der Waals surface area contributed by atoms with Crippen LogP contribution in [0.4, 0.5) is 5.69 Å². The van der Waals surface area contributed by atoms with Crippen molar-refractivity contribution in [1.82, 2.24) is 9.78 Å². The maximum absolute atomic E-state index is 11.8. The lowest BCUT2D eigenvalue weighted by molar-refractivity contribution is -0.133. The molecule has 19 heavy (non-hydrogen) atoms. The zero-order chi connectivity index (χ0) is 14.6. The number of ether oxygens (including phenoxy) is 1. The molecule has 104 valence electrons. The van der Waals surface area contributed by atoms with E-state index in [1.54, 1.807) is 13.8 Å². The Morgan fingerprint density at radius 2 is 2.05 bits per heavy atom. The third-order valence-corrected chi connectivity index (χ3v) is 2.19. The van der Waals surface area contributed by atoms with Gasteiger partial charge in [-0.2, -0.15) is 5.10 Å². The van der Waals surface area contributed by atoms with E-state index in [1.165, 1.54) is 10.9 Å². The van der Waals surface area contributed by atoms with Gasteiger partial charge in [0.2, 0.25) is 5.78 Å². The first-order valence-electron chi connectivity index (χ1n) is 5.95. The standard InChI is InChI=1S/C12H17N3O4/c1-5-15-6-9(13-11(17)8(4)16)10(14-15)12(18)19-7(2)3/h6-7H,5H2,1-4H3,(H,13,17). The minimum absolute atomic E-state index is 0.00912. The van der Waals surface area contributed by atoms with Crippen LogP contribution in [0.25, 0.3) is 0 Å². The number of anilines is 1. The first-order chi connectivity index (χ1) is 8.85. The summed E-state index contributed by atoms with van der Waals surface area (Å²) in [6, 6.07) is 0. The number of ketones is 1. The van der Waals surface area contributed by atoms with Crippen LogP contribution in [0.1, 0.15) is 38.2 Å². The lowest BCUT2D eigenvalue weighted by atomic mass is 10.3. The molecule has 0 atom stereocenters. The average molecular weight is 267 g/mol. The Morgan fingerprint density at radius 1 is 1.42 bits per heavy atom. The van der Waals surface area contributed by atoms with Gasteiger partial charge >= 0.3 is 5.97 Å². The van der Waals surface area contributed by atoms with Gasteiger partial charge in [-0.25, -0.2) is 4.79 Å². The molecule has 0 spiro atoms. The van der Waals surface area contributed by atoms with E-state index in [1.807, 2.05) is 6.92 Å². The second kappa shape index (κ2) is 6.12. The Balaban J connectivity index is 3.02. The molecule has 0 bridgehead atoms. The van der Waals surface area contributed by atoms with Gasteiger partial charge in [0.05, 0.1) is 11.8 Å². The van der Waals surface area contributed by atoms with E-state index >= 15 is 0 Å². The summed E-state index contributed by atoms with van der Waals surface area (Å²) in [7, 11) is 0. The molecule has 1 N–H and O–H groups in total. The van der Waals surface area contributed by atoms with Crippen molar-refractivity contribution in [3.05, 3.63) is 11.9 Å². The van der Waals surface area contributed by atoms with Gasteiger partial charge in [0.25, 0.3) is 5.91 Å². The highest BCUT2D eigenvalue weighted by Crippen LogP contribution is 2.16. The molecule has 0 aliphatic rings. The zero-order valence-electron chi connectivity index (χ0n) is 11.4. The van der Waals surface area contributed by atoms with Crippen LogP contribution in [0.15, 0.2) is 6.20 Å². The number of nitrogens with one attached hydrogen (secondary N) is 1. The largest absolute Gasteiger partial charge is 0.458 e. The molecule has 0 saturated carbocycles. The van der Waals surface area contributed by atoms with Gasteiger partial charge in [-0.15, -0.1) is 0 Å². The number of aromatic nitrogens is 2. The number of nitrogens with zero attached hydrogens (tertiary/aromatic N) is 2. The SMILES string of the molecule is CCn1cc(NC(=O)C(C)=O)c(C(=O)OC(C)C)n1. The van der Waals surface area contributed by atoms with Crippen LogP contribution in [0, 0.1) is 0 Å². The fraction of sp³-hybridized carbons (Fsp3) is 0.500. The summed E-state index contributed by atoms with van der Waals surface area (Å²) in [4.78, 5) is 34.1. The van der Waals surface area contributed by atoms with Crippen LogP contribution in [-0.2, 0) is 20.9 Å². The monoisotopic (exact) mass is 267 g/mol. The van der Waals surface area contributed by atoms with Gasteiger partial charge in [0.15, 0.2) is 5.69 Å². The summed E-state index contributed by atoms with van der Waals surface area (Å²) in [6.07, 6.45) is 1.19. The van der Waals surface area contributed by atoms with Gasteiger partial charge in [-0.3, -0.25) is 14.3 Å². The highest BCUT2D eigenvalue weighted by atomic mass is 16.5. The molecule has 0 aliphatic heterocycles. The summed E-state index contributed by atoms with van der Waals surface area (Å²) in [5.41, 5.74) is 0.165. The minimum Gasteiger partial charge on any atom is -0.458 e. The number of carbonyl (C=O) groups is 3. The van der Waals surface area contributed by atoms with Gasteiger partial charge in [0, 0.05) is 19.7 Å². The molecule has 0 radical (unpaired) electrons. The summed E-state index contributed by atoms with van der Waals surface area (Å²) >= 11 is 0. The Bertz CT molecular complexity index is 505. The molecular weight excluding hydrogens is 250 g/mol. The van der Waals surface area contributed by atoms with E-state index in [9.17, 15) is 14.4 Å². The molecule has 0 saturated heterocycles. The average Bonchev–Trinajstić information content (AvgIpc) is 2.71. The van der Waals surface area contributed by atoms with Crippen molar-refractivity contribution in [3.63, 3.8) is 0 Å². The third kappa shape index (κ3) is 3.90. The van der Waals surface area contributed by atoms with Crippen LogP contribution in [0.3, 0.4) is 0 Å². The molecule has 7 nitrogen and oxygen atoms in total. The van der Waals surface area contributed by atoms with E-state index in [0.717, 1.165) is 6.92 Å². The van der Waals surface area contributed by atoms with Crippen molar-refractivity contribution in [2.24, 2.45) is 0 Å². The number of esters is 1. The number of Topliss-reactive ketones (excluding diaryl/α,β-unsaturated/α-hetero) is 1. The van der Waals surface area contributed by atoms with Crippen molar-refractivity contribution in [2.45, 2.75) is 40.3 Å². The highest BCUT2D eigenvalue weighted by molar-refractivity contribution is 6.40. The summed E-state index contributed by atoms with van der Waals surface area (Å²) in [5, 5.41) is 6.36. The van der Waals surface area contributed by atoms with Crippen LogP contribution in [0.2, 0.25) is 0 Å². The number of amides is 1. The number of hydrogen-bond donors (Lipinski definition) is 1. The zero-order valence-corrected chi connectivity index (χ0v) is 11.4. The summed E-state index contributed by atoms with van der Waals surface area (Å²) in [6.45, 7) is 6.93. The quantitative estimate of drug-likeness (QED) is 0.634. The van der Waals surface area contributed by atoms with Crippen LogP contribution in [-0.4, -0.2) is 33.5 Å². The predicted molar refractivity (Wildman–Crippen MR) is 67.8 cm³/mol. The van der Waals surface area contributed by atoms with E-state index in [-0.39, 0.29) is 17.5 Å². The molecule has 1 aromatic rings. The second-order valence-corrected chi connectivity index (χ2v) is 4.21. The molecule has 1 amide bonds. The normalized spacial score (nSPS) is 10.4. The number of rotatable bonds is 5. The lowest BCUT2D eigenvalue weighted by Crippen LogP contribution is -2.21. The Hall–Kier alpha value is -2.18. The smallest absolute Gasteiger partial charge is 0.361 e. The first kappa shape index (κ1) is 14.9. The van der Waals surface area contributed by atoms with E-state index < -0.39 is 17.7 Å². The number of carbonyl (C=O) groups excluding carboxylic acids is 3. The maximum atomic E-state index is 11.8. The second-order valence-electron chi connectivity index (χ2n) is 4.21. The van der Waals surface area contributed by atoms with Crippen LogP contribution >= 0.6 is 0 Å². The van der Waals surface area contributed by atoms with E-state index in [2.05, 4.69) is 10.4 Å². The fourth-order valence-electron chi connectivity index (χ4n) is 1.31. The van der Waals surface area contributed by atoms with Gasteiger partial charge in [-0.1, -0.05) is 0 Å². The molecule has 0 aliphatic carbocycles. The van der Waals surface area contributed by atoms with Crippen molar-refractivity contribution < 1.29 is 19.1 Å². The predicted octanol–water partition coefficient (Wildman–Crippen LogP) is 0.996. The lowest BCUT2D eigenvalue weighted by Gasteiger charge is -2.07. The van der Waals surface area contributed by atoms with Crippen molar-refractivity contribution >= 4 is 23.3 Å². The molecule has 0 fully saturated rings. The van der Waals surface area contributed by atoms with E-state index in [4.69, 9.17) is 4.74 Å². The Kier molecular flexibility index (Phi) is 4.80. The van der Waals surface area contributed by atoms with Crippen molar-refractivity contribution in [3.8, 4) is 0 Å². The molecule has 0 unspecified atom stereocenters. The maximum Gasteiger partial charge on any atom is 0.361 e. The Morgan fingerprint density at radius 3 is 2.53 bits per heavy atom. The van der Waals surface area contributed by atoms with Gasteiger partial charge in [-0.05, 0) is 20.8 Å². The van der Waals surface area contributed by atoms with Crippen molar-refractivity contribution in [1.29, 1.82) is 0 Å². The van der Waals surface area contributed by atoms with Crippen LogP contribution in [0.5, 0.6) is 0 Å². The molecule has 1 heterocycles. The fourth-order valence-corrected chi connectivity index (χ4v) is 1.31. The summed E-state index contributed by atoms with van der Waals surface area (Å²) in [5.74, 6) is -2.08. The topological polar surface area (TPSA) is 90.3 Å². The molecule has 1 rings (SSSR count). The number of hydrogen-bond acceptors (Lipinski definition) is 5. The third-order valence-electron chi connectivity index (χ3n) is 2.19. The molecular formula is C12H17N3O4. The van der Waals surface area contributed by atoms with Crippen LogP contribution < -0.4 is 5.32 Å². The first-order valence-corrected chi connectivity index (χ1v) is 5.95. The van der Waals surface area contributed by atoms with Crippen molar-refractivity contribution in [2.75, 3.05) is 5.32 Å².